The van der Waals surface area contributed by atoms with Crippen LogP contribution in [0.1, 0.15) is 11.3 Å². The third-order valence-electron chi connectivity index (χ3n) is 3.12. The number of hydrogen-bond donors (Lipinski definition) is 2. The van der Waals surface area contributed by atoms with Crippen molar-refractivity contribution in [3.8, 4) is 5.75 Å². The summed E-state index contributed by atoms with van der Waals surface area (Å²) in [5, 5.41) is 2.73. The maximum Gasteiger partial charge on any atom is 0.255 e. The van der Waals surface area contributed by atoms with E-state index < -0.39 is 0 Å². The van der Waals surface area contributed by atoms with E-state index in [1.807, 2.05) is 24.3 Å². The molecule has 2 rings (SSSR count). The number of carbonyl (C=O) groups is 1. The van der Waals surface area contributed by atoms with Crippen LogP contribution in [0.25, 0.3) is 0 Å². The predicted octanol–water partition coefficient (Wildman–Crippen LogP) is 0.459. The number of aromatic nitrogens is 2. The molecular formula is C15H18N4O3. The molecule has 116 valence electrons. The van der Waals surface area contributed by atoms with Crippen LogP contribution in [0.2, 0.25) is 0 Å². The zero-order valence-electron chi connectivity index (χ0n) is 12.5. The number of nitrogens with one attached hydrogen (secondary N) is 1. The van der Waals surface area contributed by atoms with Gasteiger partial charge in [-0.1, -0.05) is 12.1 Å². The number of amides is 1. The van der Waals surface area contributed by atoms with E-state index in [1.54, 1.807) is 14.0 Å². The van der Waals surface area contributed by atoms with Crippen LogP contribution >= 0.6 is 0 Å². The monoisotopic (exact) mass is 302 g/mol. The molecule has 0 radical (unpaired) electrons. The highest BCUT2D eigenvalue weighted by Crippen LogP contribution is 2.10. The third-order valence-corrected chi connectivity index (χ3v) is 3.12. The minimum atomic E-state index is -0.343. The lowest BCUT2D eigenvalue weighted by Gasteiger charge is -2.10. The largest absolute Gasteiger partial charge is 0.497 e. The Hall–Kier alpha value is -2.83. The van der Waals surface area contributed by atoms with Gasteiger partial charge in [-0.25, -0.2) is 4.98 Å². The van der Waals surface area contributed by atoms with Crippen LogP contribution in [0.5, 0.6) is 5.75 Å². The van der Waals surface area contributed by atoms with Crippen molar-refractivity contribution in [1.82, 2.24) is 14.9 Å². The Kier molecular flexibility index (Phi) is 4.77. The summed E-state index contributed by atoms with van der Waals surface area (Å²) in [7, 11) is 1.59. The smallest absolute Gasteiger partial charge is 0.255 e. The van der Waals surface area contributed by atoms with Gasteiger partial charge in [-0.3, -0.25) is 14.2 Å². The molecule has 0 aliphatic heterocycles. The van der Waals surface area contributed by atoms with Gasteiger partial charge in [0.2, 0.25) is 11.9 Å². The first-order chi connectivity index (χ1) is 10.5. The summed E-state index contributed by atoms with van der Waals surface area (Å²) in [6.07, 6.45) is 0. The van der Waals surface area contributed by atoms with Crippen LogP contribution in [0, 0.1) is 6.92 Å². The zero-order valence-corrected chi connectivity index (χ0v) is 12.5. The van der Waals surface area contributed by atoms with Crippen LogP contribution in [-0.4, -0.2) is 22.6 Å². The number of rotatable bonds is 5. The molecule has 3 N–H and O–H groups in total. The summed E-state index contributed by atoms with van der Waals surface area (Å²) >= 11 is 0. The first-order valence-corrected chi connectivity index (χ1v) is 6.73. The highest BCUT2D eigenvalue weighted by Gasteiger charge is 2.09. The highest BCUT2D eigenvalue weighted by atomic mass is 16.5. The number of nitrogen functional groups attached to an aromatic ring is 1. The maximum atomic E-state index is 11.9. The quantitative estimate of drug-likeness (QED) is 0.836. The summed E-state index contributed by atoms with van der Waals surface area (Å²) in [6, 6.07) is 8.68. The van der Waals surface area contributed by atoms with Gasteiger partial charge < -0.3 is 15.8 Å². The summed E-state index contributed by atoms with van der Waals surface area (Å²) in [4.78, 5) is 27.7. The number of nitrogens with zero attached hydrogens (tertiary/aromatic N) is 2. The lowest BCUT2D eigenvalue weighted by molar-refractivity contribution is -0.121. The molecule has 22 heavy (non-hydrogen) atoms. The standard InChI is InChI=1S/C15H18N4O3/c1-10-7-14(21)19(15(16)18-10)9-13(20)17-8-11-3-5-12(22-2)6-4-11/h3-7H,8-9H2,1-2H3,(H2,16,18)(H,17,20). The molecule has 7 nitrogen and oxygen atoms in total. The molecule has 0 saturated heterocycles. The van der Waals surface area contributed by atoms with Crippen molar-refractivity contribution >= 4 is 11.9 Å². The molecule has 0 unspecified atom stereocenters. The van der Waals surface area contributed by atoms with Crippen LogP contribution in [-0.2, 0) is 17.9 Å². The molecule has 0 bridgehead atoms. The average Bonchev–Trinajstić information content (AvgIpc) is 2.49. The number of carbonyl (C=O) groups excluding carboxylic acids is 1. The van der Waals surface area contributed by atoms with Gasteiger partial charge in [0.25, 0.3) is 5.56 Å². The minimum Gasteiger partial charge on any atom is -0.497 e. The van der Waals surface area contributed by atoms with Crippen molar-refractivity contribution in [3.05, 3.63) is 51.9 Å². The highest BCUT2D eigenvalue weighted by molar-refractivity contribution is 5.76. The zero-order chi connectivity index (χ0) is 16.1. The normalized spacial score (nSPS) is 10.3. The van der Waals surface area contributed by atoms with Crippen molar-refractivity contribution in [2.45, 2.75) is 20.0 Å². The molecule has 1 aromatic heterocycles. The van der Waals surface area contributed by atoms with Crippen LogP contribution < -0.4 is 21.3 Å². The fourth-order valence-electron chi connectivity index (χ4n) is 1.95. The Morgan fingerprint density at radius 1 is 1.36 bits per heavy atom. The van der Waals surface area contributed by atoms with E-state index in [1.165, 1.54) is 6.07 Å². The molecule has 0 saturated carbocycles. The second-order valence-electron chi connectivity index (χ2n) is 4.80. The average molecular weight is 302 g/mol. The summed E-state index contributed by atoms with van der Waals surface area (Å²) in [6.45, 7) is 1.87. The van der Waals surface area contributed by atoms with Gasteiger partial charge in [0.1, 0.15) is 12.3 Å². The second kappa shape index (κ2) is 6.75. The lowest BCUT2D eigenvalue weighted by Crippen LogP contribution is -2.33. The van der Waals surface area contributed by atoms with Gasteiger partial charge in [-0.05, 0) is 24.6 Å². The van der Waals surface area contributed by atoms with Crippen molar-refractivity contribution < 1.29 is 9.53 Å². The molecule has 0 atom stereocenters. The molecule has 1 aromatic carbocycles. The molecule has 7 heteroatoms. The Labute approximate surface area is 127 Å². The van der Waals surface area contributed by atoms with E-state index in [2.05, 4.69) is 10.3 Å². The summed E-state index contributed by atoms with van der Waals surface area (Å²) in [5.74, 6) is 0.472. The topological polar surface area (TPSA) is 99.2 Å². The number of anilines is 1. The molecule has 0 spiro atoms. The molecule has 0 aliphatic rings. The Balaban J connectivity index is 1.97. The predicted molar refractivity (Wildman–Crippen MR) is 82.5 cm³/mol. The van der Waals surface area contributed by atoms with Gasteiger partial charge in [0.15, 0.2) is 0 Å². The number of benzene rings is 1. The van der Waals surface area contributed by atoms with Gasteiger partial charge in [-0.15, -0.1) is 0 Å². The minimum absolute atomic E-state index is 0.0320. The Morgan fingerprint density at radius 2 is 2.05 bits per heavy atom. The van der Waals surface area contributed by atoms with Gasteiger partial charge >= 0.3 is 0 Å². The number of hydrogen-bond acceptors (Lipinski definition) is 5. The van der Waals surface area contributed by atoms with E-state index in [-0.39, 0.29) is 24.0 Å². The number of nitrogens with two attached hydrogens (primary N) is 1. The molecule has 0 fully saturated rings. The molecular weight excluding hydrogens is 284 g/mol. The van der Waals surface area contributed by atoms with Gasteiger partial charge in [-0.2, -0.15) is 0 Å². The lowest BCUT2D eigenvalue weighted by atomic mass is 10.2. The molecule has 1 amide bonds. The van der Waals surface area contributed by atoms with Gasteiger partial charge in [0.05, 0.1) is 7.11 Å². The van der Waals surface area contributed by atoms with E-state index in [0.29, 0.717) is 12.2 Å². The molecule has 0 aliphatic carbocycles. The SMILES string of the molecule is COc1ccc(CNC(=O)Cn2c(N)nc(C)cc2=O)cc1. The van der Waals surface area contributed by atoms with Crippen molar-refractivity contribution in [2.24, 2.45) is 0 Å². The fraction of sp³-hybridized carbons (Fsp3) is 0.267. The van der Waals surface area contributed by atoms with E-state index >= 15 is 0 Å². The summed E-state index contributed by atoms with van der Waals surface area (Å²) < 4.78 is 6.20. The Morgan fingerprint density at radius 3 is 2.64 bits per heavy atom. The van der Waals surface area contributed by atoms with E-state index in [4.69, 9.17) is 10.5 Å². The van der Waals surface area contributed by atoms with Crippen LogP contribution in [0.15, 0.2) is 35.1 Å². The fourth-order valence-corrected chi connectivity index (χ4v) is 1.95. The number of ether oxygens (including phenoxy) is 1. The first-order valence-electron chi connectivity index (χ1n) is 6.73. The van der Waals surface area contributed by atoms with Gasteiger partial charge in [0, 0.05) is 18.3 Å². The van der Waals surface area contributed by atoms with E-state index in [0.717, 1.165) is 15.9 Å². The Bertz CT molecular complexity index is 723. The number of aryl methyl sites for hydroxylation is 1. The van der Waals surface area contributed by atoms with Crippen molar-refractivity contribution in [3.63, 3.8) is 0 Å². The summed E-state index contributed by atoms with van der Waals surface area (Å²) in [5.41, 5.74) is 6.78. The first kappa shape index (κ1) is 15.6. The van der Waals surface area contributed by atoms with Crippen LogP contribution in [0.4, 0.5) is 5.95 Å². The number of methoxy groups -OCH3 is 1. The van der Waals surface area contributed by atoms with E-state index in [9.17, 15) is 9.59 Å². The van der Waals surface area contributed by atoms with Crippen molar-refractivity contribution in [2.75, 3.05) is 12.8 Å². The maximum absolute atomic E-state index is 11.9. The molecule has 2 aromatic rings. The second-order valence-corrected chi connectivity index (χ2v) is 4.80. The molecule has 1 heterocycles. The van der Waals surface area contributed by atoms with Crippen molar-refractivity contribution in [1.29, 1.82) is 0 Å². The van der Waals surface area contributed by atoms with Crippen LogP contribution in [0.3, 0.4) is 0 Å². The third kappa shape index (κ3) is 3.85.